The van der Waals surface area contributed by atoms with Gasteiger partial charge in [0.05, 0.1) is 24.1 Å². The number of rotatable bonds is 4. The number of nitrogens with two attached hydrogens (primary N) is 1. The molecule has 1 aliphatic carbocycles. The van der Waals surface area contributed by atoms with E-state index < -0.39 is 0 Å². The first-order valence-corrected chi connectivity index (χ1v) is 7.09. The molecular weight excluding hydrogens is 226 g/mol. The summed E-state index contributed by atoms with van der Waals surface area (Å²) in [6.07, 6.45) is 7.15. The average Bonchev–Trinajstić information content (AvgIpc) is 2.59. The Hall–Kier alpha value is -0.870. The molecule has 1 aromatic rings. The molecule has 4 heteroatoms. The number of hydrogen-bond acceptors (Lipinski definition) is 3. The fourth-order valence-corrected chi connectivity index (χ4v) is 2.58. The van der Waals surface area contributed by atoms with Crippen LogP contribution in [0, 0.1) is 0 Å². The summed E-state index contributed by atoms with van der Waals surface area (Å²) in [5.74, 6) is 0. The Morgan fingerprint density at radius 1 is 1.39 bits per heavy atom. The smallest absolute Gasteiger partial charge is 0.0889 e. The Morgan fingerprint density at radius 3 is 2.89 bits per heavy atom. The van der Waals surface area contributed by atoms with Crippen LogP contribution in [0.15, 0.2) is 6.07 Å². The lowest BCUT2D eigenvalue weighted by atomic mass is 10.1. The summed E-state index contributed by atoms with van der Waals surface area (Å²) in [6.45, 7) is 2.75. The lowest BCUT2D eigenvalue weighted by Crippen LogP contribution is -2.35. The first-order valence-electron chi connectivity index (χ1n) is 7.09. The first kappa shape index (κ1) is 13.6. The van der Waals surface area contributed by atoms with Crippen molar-refractivity contribution < 1.29 is 4.74 Å². The van der Waals surface area contributed by atoms with E-state index in [0.717, 1.165) is 30.7 Å². The van der Waals surface area contributed by atoms with Crippen molar-refractivity contribution in [2.24, 2.45) is 12.8 Å². The fourth-order valence-electron chi connectivity index (χ4n) is 2.58. The standard InChI is InChI=1S/C14H25N3O/c1-3-11-9-12(17(2)16-11)10-18-14-8-6-4-5-7-13(14)15/h9,13-14H,3-8,10,15H2,1-2H3. The van der Waals surface area contributed by atoms with E-state index in [0.29, 0.717) is 6.61 Å². The zero-order valence-electron chi connectivity index (χ0n) is 11.6. The molecule has 1 heterocycles. The highest BCUT2D eigenvalue weighted by Crippen LogP contribution is 2.20. The van der Waals surface area contributed by atoms with Crippen molar-refractivity contribution in [3.8, 4) is 0 Å². The van der Waals surface area contributed by atoms with Gasteiger partial charge in [0.1, 0.15) is 0 Å². The lowest BCUT2D eigenvalue weighted by Gasteiger charge is -2.21. The van der Waals surface area contributed by atoms with Crippen LogP contribution in [0.1, 0.15) is 50.4 Å². The Kier molecular flexibility index (Phi) is 4.78. The highest BCUT2D eigenvalue weighted by molar-refractivity contribution is 5.09. The zero-order valence-corrected chi connectivity index (χ0v) is 11.6. The summed E-state index contributed by atoms with van der Waals surface area (Å²) >= 11 is 0. The van der Waals surface area contributed by atoms with Crippen LogP contribution in [0.4, 0.5) is 0 Å². The largest absolute Gasteiger partial charge is 0.370 e. The molecule has 0 saturated heterocycles. The van der Waals surface area contributed by atoms with Gasteiger partial charge in [0, 0.05) is 13.1 Å². The SMILES string of the molecule is CCc1cc(COC2CCCCCC2N)n(C)n1. The van der Waals surface area contributed by atoms with Gasteiger partial charge in [-0.05, 0) is 25.3 Å². The van der Waals surface area contributed by atoms with Crippen molar-refractivity contribution >= 4 is 0 Å². The van der Waals surface area contributed by atoms with E-state index in [9.17, 15) is 0 Å². The highest BCUT2D eigenvalue weighted by Gasteiger charge is 2.21. The van der Waals surface area contributed by atoms with Crippen LogP contribution in [-0.2, 0) is 24.8 Å². The van der Waals surface area contributed by atoms with Crippen LogP contribution in [0.3, 0.4) is 0 Å². The molecule has 2 atom stereocenters. The molecule has 102 valence electrons. The Balaban J connectivity index is 1.91. The van der Waals surface area contributed by atoms with Crippen molar-refractivity contribution in [2.45, 2.75) is 64.2 Å². The number of aryl methyl sites for hydroxylation is 2. The van der Waals surface area contributed by atoms with Crippen LogP contribution < -0.4 is 5.73 Å². The van der Waals surface area contributed by atoms with Crippen LogP contribution in [0.2, 0.25) is 0 Å². The molecule has 1 fully saturated rings. The zero-order chi connectivity index (χ0) is 13.0. The Morgan fingerprint density at radius 2 is 2.17 bits per heavy atom. The van der Waals surface area contributed by atoms with Gasteiger partial charge in [0.15, 0.2) is 0 Å². The topological polar surface area (TPSA) is 53.1 Å². The molecule has 1 aliphatic rings. The molecule has 1 aromatic heterocycles. The minimum atomic E-state index is 0.200. The minimum Gasteiger partial charge on any atom is -0.370 e. The van der Waals surface area contributed by atoms with E-state index in [4.69, 9.17) is 10.5 Å². The quantitative estimate of drug-likeness (QED) is 0.834. The summed E-state index contributed by atoms with van der Waals surface area (Å²) in [7, 11) is 1.98. The number of ether oxygens (including phenoxy) is 1. The van der Waals surface area contributed by atoms with E-state index in [1.807, 2.05) is 11.7 Å². The molecule has 18 heavy (non-hydrogen) atoms. The van der Waals surface area contributed by atoms with E-state index >= 15 is 0 Å². The van der Waals surface area contributed by atoms with E-state index in [1.54, 1.807) is 0 Å². The second-order valence-electron chi connectivity index (χ2n) is 5.26. The van der Waals surface area contributed by atoms with E-state index in [1.165, 1.54) is 19.3 Å². The molecule has 0 aliphatic heterocycles. The third-order valence-corrected chi connectivity index (χ3v) is 3.84. The summed E-state index contributed by atoms with van der Waals surface area (Å²) in [5, 5.41) is 4.44. The van der Waals surface area contributed by atoms with Gasteiger partial charge >= 0.3 is 0 Å². The molecular formula is C14H25N3O. The van der Waals surface area contributed by atoms with Gasteiger partial charge in [-0.25, -0.2) is 0 Å². The molecule has 2 rings (SSSR count). The van der Waals surface area contributed by atoms with Gasteiger partial charge in [0.25, 0.3) is 0 Å². The summed E-state index contributed by atoms with van der Waals surface area (Å²) in [5.41, 5.74) is 8.43. The normalized spacial score (nSPS) is 25.1. The molecule has 4 nitrogen and oxygen atoms in total. The van der Waals surface area contributed by atoms with Gasteiger partial charge in [-0.1, -0.05) is 26.2 Å². The van der Waals surface area contributed by atoms with Crippen molar-refractivity contribution in [1.29, 1.82) is 0 Å². The van der Waals surface area contributed by atoms with Gasteiger partial charge < -0.3 is 10.5 Å². The Labute approximate surface area is 110 Å². The second kappa shape index (κ2) is 6.34. The lowest BCUT2D eigenvalue weighted by molar-refractivity contribution is 0.0164. The third kappa shape index (κ3) is 3.33. The fraction of sp³-hybridized carbons (Fsp3) is 0.786. The van der Waals surface area contributed by atoms with Gasteiger partial charge in [-0.2, -0.15) is 5.10 Å². The molecule has 0 radical (unpaired) electrons. The predicted molar refractivity (Wildman–Crippen MR) is 72.2 cm³/mol. The second-order valence-corrected chi connectivity index (χ2v) is 5.26. The summed E-state index contributed by atoms with van der Waals surface area (Å²) in [4.78, 5) is 0. The van der Waals surface area contributed by atoms with Crippen molar-refractivity contribution in [3.05, 3.63) is 17.5 Å². The molecule has 2 N–H and O–H groups in total. The molecule has 2 unspecified atom stereocenters. The van der Waals surface area contributed by atoms with Crippen molar-refractivity contribution in [2.75, 3.05) is 0 Å². The van der Waals surface area contributed by atoms with E-state index in [-0.39, 0.29) is 12.1 Å². The van der Waals surface area contributed by atoms with Gasteiger partial charge in [0.2, 0.25) is 0 Å². The minimum absolute atomic E-state index is 0.200. The third-order valence-electron chi connectivity index (χ3n) is 3.84. The van der Waals surface area contributed by atoms with Crippen molar-refractivity contribution in [1.82, 2.24) is 9.78 Å². The highest BCUT2D eigenvalue weighted by atomic mass is 16.5. The monoisotopic (exact) mass is 251 g/mol. The van der Waals surface area contributed by atoms with Crippen LogP contribution >= 0.6 is 0 Å². The van der Waals surface area contributed by atoms with Crippen molar-refractivity contribution in [3.63, 3.8) is 0 Å². The summed E-state index contributed by atoms with van der Waals surface area (Å²) in [6, 6.07) is 2.33. The van der Waals surface area contributed by atoms with E-state index in [2.05, 4.69) is 18.1 Å². The predicted octanol–water partition coefficient (Wildman–Crippen LogP) is 2.16. The van der Waals surface area contributed by atoms with Gasteiger partial charge in [-0.15, -0.1) is 0 Å². The maximum atomic E-state index is 6.17. The number of aromatic nitrogens is 2. The van der Waals surface area contributed by atoms with Gasteiger partial charge in [-0.3, -0.25) is 4.68 Å². The number of nitrogens with zero attached hydrogens (tertiary/aromatic N) is 2. The van der Waals surface area contributed by atoms with Crippen LogP contribution in [0.25, 0.3) is 0 Å². The van der Waals surface area contributed by atoms with Crippen LogP contribution in [-0.4, -0.2) is 21.9 Å². The Bertz CT molecular complexity index is 375. The van der Waals surface area contributed by atoms with Crippen LogP contribution in [0.5, 0.6) is 0 Å². The number of hydrogen-bond donors (Lipinski definition) is 1. The first-order chi connectivity index (χ1) is 8.70. The molecule has 0 spiro atoms. The summed E-state index contributed by atoms with van der Waals surface area (Å²) < 4.78 is 7.93. The maximum absolute atomic E-state index is 6.17. The average molecular weight is 251 g/mol. The molecule has 0 bridgehead atoms. The molecule has 0 aromatic carbocycles. The maximum Gasteiger partial charge on any atom is 0.0889 e. The molecule has 0 amide bonds. The molecule has 1 saturated carbocycles.